The van der Waals surface area contributed by atoms with E-state index in [1.165, 1.54) is 12.1 Å². The number of rotatable bonds is 8. The second kappa shape index (κ2) is 16.0. The van der Waals surface area contributed by atoms with Gasteiger partial charge in [0.2, 0.25) is 5.56 Å². The molecule has 8 nitrogen and oxygen atoms in total. The topological polar surface area (TPSA) is 94.6 Å². The molecule has 0 saturated carbocycles. The van der Waals surface area contributed by atoms with Crippen LogP contribution in [0.25, 0.3) is 27.5 Å². The predicted molar refractivity (Wildman–Crippen MR) is 216 cm³/mol. The minimum atomic E-state index is -0.891. The summed E-state index contributed by atoms with van der Waals surface area (Å²) in [6.07, 6.45) is 10.2. The number of aromatic nitrogens is 3. The molecule has 4 aliphatic rings. The van der Waals surface area contributed by atoms with Crippen LogP contribution in [-0.2, 0) is 6.42 Å². The van der Waals surface area contributed by atoms with Gasteiger partial charge in [-0.2, -0.15) is 10.6 Å². The molecular formula is C41H50FILiN5O3-2. The van der Waals surface area contributed by atoms with E-state index in [2.05, 4.69) is 45.7 Å². The molecule has 0 amide bonds. The zero-order valence-electron chi connectivity index (χ0n) is 31.5. The van der Waals surface area contributed by atoms with E-state index in [-0.39, 0.29) is 49.2 Å². The number of β-amino-alcohol motifs (C(OH)–C–C–N with tert-alkyl or cyclic N) is 1. The molecule has 2 aromatic heterocycles. The number of piperidine rings is 1. The third-order valence-corrected chi connectivity index (χ3v) is 13.0. The third kappa shape index (κ3) is 7.15. The Morgan fingerprint density at radius 3 is 2.67 bits per heavy atom. The fourth-order valence-electron chi connectivity index (χ4n) is 8.95. The first kappa shape index (κ1) is 40.6. The number of fused-ring (bicyclic) bond motifs is 3. The van der Waals surface area contributed by atoms with Crippen molar-refractivity contribution in [2.75, 3.05) is 37.7 Å². The molecule has 7 rings (SSSR count). The second-order valence-electron chi connectivity index (χ2n) is 14.5. The Morgan fingerprint density at radius 2 is 1.98 bits per heavy atom. The zero-order valence-corrected chi connectivity index (χ0v) is 33.7. The van der Waals surface area contributed by atoms with E-state index in [0.29, 0.717) is 89.6 Å². The Labute approximate surface area is 330 Å². The summed E-state index contributed by atoms with van der Waals surface area (Å²) >= 11 is -0.891. The molecule has 2 N–H and O–H groups in total. The molecule has 1 aromatic carbocycles. The van der Waals surface area contributed by atoms with Gasteiger partial charge in [-0.15, -0.1) is 3.51 Å². The van der Waals surface area contributed by atoms with Gasteiger partial charge in [0.25, 0.3) is 0 Å². The number of aliphatic hydroxyl groups is 1. The quantitative estimate of drug-likeness (QED) is 0.147. The molecule has 11 heteroatoms. The minimum absolute atomic E-state index is 0. The van der Waals surface area contributed by atoms with Gasteiger partial charge in [0.15, 0.2) is 0 Å². The monoisotopic (exact) mass is 813 g/mol. The van der Waals surface area contributed by atoms with E-state index >= 15 is 4.39 Å². The summed E-state index contributed by atoms with van der Waals surface area (Å²) in [5.74, 6) is 0.826. The van der Waals surface area contributed by atoms with Crippen LogP contribution in [0, 0.1) is 30.7 Å². The average molecular weight is 814 g/mol. The summed E-state index contributed by atoms with van der Waals surface area (Å²) in [6.45, 7) is 18.8. The van der Waals surface area contributed by atoms with Crippen LogP contribution >= 0.6 is 20.7 Å². The fourth-order valence-corrected chi connectivity index (χ4v) is 10.6. The second-order valence-corrected chi connectivity index (χ2v) is 16.4. The largest absolute Gasteiger partial charge is 1.00 e. The maximum absolute atomic E-state index is 15.4. The van der Waals surface area contributed by atoms with E-state index in [9.17, 15) is 9.90 Å². The summed E-state index contributed by atoms with van der Waals surface area (Å²) in [5.41, 5.74) is 3.40. The number of benzene rings is 1. The molecule has 3 unspecified atom stereocenters. The van der Waals surface area contributed by atoms with Crippen molar-refractivity contribution in [3.63, 3.8) is 0 Å². The van der Waals surface area contributed by atoms with Gasteiger partial charge >= 0.3 is 24.9 Å². The molecule has 0 radical (unpaired) electrons. The molecule has 52 heavy (non-hydrogen) atoms. The van der Waals surface area contributed by atoms with Crippen molar-refractivity contribution in [3.05, 3.63) is 88.0 Å². The normalized spacial score (nSPS) is 25.6. The van der Waals surface area contributed by atoms with Crippen molar-refractivity contribution in [2.45, 2.75) is 83.8 Å². The van der Waals surface area contributed by atoms with Crippen molar-refractivity contribution in [1.82, 2.24) is 19.9 Å². The van der Waals surface area contributed by atoms with Gasteiger partial charge in [-0.25, -0.2) is 16.0 Å². The number of ether oxygens (including phenoxy) is 1. The van der Waals surface area contributed by atoms with E-state index in [1.54, 1.807) is 6.07 Å². The third-order valence-electron chi connectivity index (χ3n) is 11.1. The molecule has 274 valence electrons. The molecule has 3 saturated heterocycles. The molecule has 3 aromatic rings. The Morgan fingerprint density at radius 1 is 1.21 bits per heavy atom. The number of H-pyrrole nitrogens is 1. The Bertz CT molecular complexity index is 2020. The number of allylic oxidation sites excluding steroid dienone is 4. The standard InChI is InChI=1S/C40H47FIN5O3.CH3.Li/c1-7-12-25-20-40(16-11-18-47(40)21-25)23-50-38-44-35-28(9-3)33(36-32-26(19-30(48)43-36)13-14-29(41)27(32)8-2)34(42-6)24(4)31(35)37(45-38)46-17-10-15-39(5,49)22-46;;/h4,7,12-14,19,25,49H,6,8-11,15-18,20-23H2,1-3,5H3,(H,43,48);1H3;/q-2;-1;+1/b12-7+;;. The van der Waals surface area contributed by atoms with Gasteiger partial charge in [-0.1, -0.05) is 37.6 Å². The fraction of sp³-hybridized carbons (Fsp3) is 0.463. The van der Waals surface area contributed by atoms with E-state index in [4.69, 9.17) is 21.3 Å². The Hall–Kier alpha value is -2.62. The predicted octanol–water partition coefficient (Wildman–Crippen LogP) is 4.72. The van der Waals surface area contributed by atoms with Gasteiger partial charge < -0.3 is 47.9 Å². The number of halogens is 2. The van der Waals surface area contributed by atoms with Gasteiger partial charge in [0.05, 0.1) is 17.0 Å². The average Bonchev–Trinajstić information content (AvgIpc) is 3.63. The van der Waals surface area contributed by atoms with Crippen molar-refractivity contribution < 1.29 is 33.1 Å². The first-order valence-corrected chi connectivity index (χ1v) is 20.5. The number of hydrogen-bond donors (Lipinski definition) is 2. The van der Waals surface area contributed by atoms with E-state index in [0.717, 1.165) is 53.4 Å². The van der Waals surface area contributed by atoms with Crippen LogP contribution in [0.15, 0.2) is 35.1 Å². The van der Waals surface area contributed by atoms with Crippen LogP contribution in [0.1, 0.15) is 88.7 Å². The Balaban J connectivity index is 0.00000261. The van der Waals surface area contributed by atoms with E-state index in [1.807, 2.05) is 13.8 Å². The molecule has 3 aliphatic heterocycles. The minimum Gasteiger partial charge on any atom is -0.461 e. The first-order chi connectivity index (χ1) is 24.0. The van der Waals surface area contributed by atoms with Crippen molar-refractivity contribution >= 4 is 57.5 Å². The number of anilines is 1. The van der Waals surface area contributed by atoms with Crippen LogP contribution < -0.4 is 34.1 Å². The van der Waals surface area contributed by atoms with Crippen LogP contribution in [0.2, 0.25) is 0 Å². The number of aromatic amines is 1. The molecule has 3 fully saturated rings. The van der Waals surface area contributed by atoms with Crippen LogP contribution in [0.3, 0.4) is 0 Å². The maximum Gasteiger partial charge on any atom is 1.00 e. The molecule has 3 atom stereocenters. The number of nitrogens with zero attached hydrogens (tertiary/aromatic N) is 4. The van der Waals surface area contributed by atoms with Gasteiger partial charge in [0.1, 0.15) is 12.4 Å². The van der Waals surface area contributed by atoms with Crippen LogP contribution in [-0.4, -0.2) is 72.4 Å². The van der Waals surface area contributed by atoms with Crippen molar-refractivity contribution in [3.8, 4) is 6.01 Å². The number of nitrogens with one attached hydrogen (secondary N) is 1. The SMILES string of the molecule is [CH-]=C1C(=I[CH2-])C(c2[nH]c(=O)cc3ccc(F)c(CC)c23)=C(CC)c2nc(OCC34CCCN3CC(/C=C/C)C4)nc(N3CCCC(C)(O)C3)c21.[CH3-].[Li+]. The summed E-state index contributed by atoms with van der Waals surface area (Å²) < 4.78 is 22.9. The molecular weight excluding hydrogens is 763 g/mol. The van der Waals surface area contributed by atoms with E-state index < -0.39 is 26.3 Å². The summed E-state index contributed by atoms with van der Waals surface area (Å²) in [4.78, 5) is 35.6. The molecule has 5 heterocycles. The summed E-state index contributed by atoms with van der Waals surface area (Å²) in [6, 6.07) is 4.90. The summed E-state index contributed by atoms with van der Waals surface area (Å²) in [5, 5.41) is 12.5. The molecule has 1 aliphatic carbocycles. The number of hydrogen-bond acceptors (Lipinski definition) is 7. The maximum atomic E-state index is 15.4. The Kier molecular flexibility index (Phi) is 12.5. The van der Waals surface area contributed by atoms with Crippen LogP contribution in [0.5, 0.6) is 6.01 Å². The van der Waals surface area contributed by atoms with Crippen LogP contribution in [0.4, 0.5) is 10.2 Å². The number of pyridine rings is 1. The van der Waals surface area contributed by atoms with Gasteiger partial charge in [-0.05, 0) is 99.4 Å². The molecule has 0 spiro atoms. The molecule has 0 bridgehead atoms. The summed E-state index contributed by atoms with van der Waals surface area (Å²) in [7, 11) is 0. The zero-order chi connectivity index (χ0) is 35.4. The van der Waals surface area contributed by atoms with Gasteiger partial charge in [0, 0.05) is 42.5 Å². The first-order valence-electron chi connectivity index (χ1n) is 17.9. The van der Waals surface area contributed by atoms with Crippen molar-refractivity contribution in [2.24, 2.45) is 5.92 Å². The van der Waals surface area contributed by atoms with Crippen molar-refractivity contribution in [1.29, 1.82) is 0 Å². The van der Waals surface area contributed by atoms with Gasteiger partial charge in [-0.3, -0.25) is 14.6 Å². The number of aryl methyl sites for hydroxylation is 1. The smallest absolute Gasteiger partial charge is 0.461 e.